The number of halogens is 1. The highest BCUT2D eigenvalue weighted by atomic mass is 19.1. The summed E-state index contributed by atoms with van der Waals surface area (Å²) in [6, 6.07) is 6.12. The van der Waals surface area contributed by atoms with Gasteiger partial charge in [0.2, 0.25) is 17.8 Å². The highest BCUT2D eigenvalue weighted by molar-refractivity contribution is 5.93. The zero-order valence-corrected chi connectivity index (χ0v) is 15.4. The normalized spacial score (nSPS) is 20.5. The molecule has 1 aromatic carbocycles. The lowest BCUT2D eigenvalue weighted by Crippen LogP contribution is -2.38. The van der Waals surface area contributed by atoms with Crippen LogP contribution in [0.4, 0.5) is 16.3 Å². The molecule has 1 aromatic heterocycles. The molecule has 7 nitrogen and oxygen atoms in total. The molecule has 1 aliphatic carbocycles. The molecule has 1 amide bonds. The zero-order chi connectivity index (χ0) is 19.1. The number of aromatic nitrogens is 3. The number of nitrogens with zero attached hydrogens (tertiary/aromatic N) is 4. The van der Waals surface area contributed by atoms with Gasteiger partial charge in [-0.2, -0.15) is 15.0 Å². The Morgan fingerprint density at radius 2 is 1.85 bits per heavy atom. The van der Waals surface area contributed by atoms with Crippen molar-refractivity contribution in [1.29, 1.82) is 0 Å². The molecule has 26 heavy (non-hydrogen) atoms. The topological polar surface area (TPSA) is 97.0 Å². The SMILES string of the molecule is CN(C)c1nc(N)nc(CNC(=O)C2(c3ccc(F)cc3)CC2(C)C)n1. The number of anilines is 2. The second kappa shape index (κ2) is 6.19. The molecule has 0 radical (unpaired) electrons. The van der Waals surface area contributed by atoms with Crippen molar-refractivity contribution in [3.05, 3.63) is 41.5 Å². The van der Waals surface area contributed by atoms with E-state index in [0.29, 0.717) is 18.2 Å². The lowest BCUT2D eigenvalue weighted by Gasteiger charge is -2.21. The van der Waals surface area contributed by atoms with E-state index < -0.39 is 5.41 Å². The number of nitrogen functional groups attached to an aromatic ring is 1. The van der Waals surface area contributed by atoms with Gasteiger partial charge < -0.3 is 16.0 Å². The molecule has 1 unspecified atom stereocenters. The lowest BCUT2D eigenvalue weighted by molar-refractivity contribution is -0.124. The highest BCUT2D eigenvalue weighted by Crippen LogP contribution is 2.64. The smallest absolute Gasteiger partial charge is 0.231 e. The minimum atomic E-state index is -0.677. The second-order valence-corrected chi connectivity index (χ2v) is 7.46. The summed E-state index contributed by atoms with van der Waals surface area (Å²) in [6.07, 6.45) is 0.694. The number of hydrogen-bond acceptors (Lipinski definition) is 6. The number of amides is 1. The molecule has 1 heterocycles. The molecule has 8 heteroatoms. The summed E-state index contributed by atoms with van der Waals surface area (Å²) in [7, 11) is 3.60. The summed E-state index contributed by atoms with van der Waals surface area (Å²) < 4.78 is 13.3. The van der Waals surface area contributed by atoms with Crippen molar-refractivity contribution < 1.29 is 9.18 Å². The van der Waals surface area contributed by atoms with E-state index in [0.717, 1.165) is 5.56 Å². The molecule has 1 atom stereocenters. The Kier molecular flexibility index (Phi) is 4.29. The number of nitrogens with two attached hydrogens (primary N) is 1. The van der Waals surface area contributed by atoms with Crippen LogP contribution in [0.25, 0.3) is 0 Å². The summed E-state index contributed by atoms with van der Waals surface area (Å²) >= 11 is 0. The summed E-state index contributed by atoms with van der Waals surface area (Å²) in [5, 5.41) is 2.90. The molecule has 2 aromatic rings. The van der Waals surface area contributed by atoms with Crippen LogP contribution in [-0.2, 0) is 16.8 Å². The molecule has 0 spiro atoms. The van der Waals surface area contributed by atoms with E-state index >= 15 is 0 Å². The standard InChI is InChI=1S/C18H23FN6O/c1-17(2)10-18(17,11-5-7-12(19)8-6-11)14(26)21-9-13-22-15(20)24-16(23-13)25(3)4/h5-8H,9-10H2,1-4H3,(H,21,26)(H2,20,22,23,24). The van der Waals surface area contributed by atoms with Crippen LogP contribution in [0.1, 0.15) is 31.7 Å². The van der Waals surface area contributed by atoms with Crippen LogP contribution in [0.2, 0.25) is 0 Å². The third-order valence-electron chi connectivity index (χ3n) is 4.96. The molecule has 1 fully saturated rings. The van der Waals surface area contributed by atoms with Crippen molar-refractivity contribution in [2.45, 2.75) is 32.2 Å². The minimum Gasteiger partial charge on any atom is -0.368 e. The fourth-order valence-electron chi connectivity index (χ4n) is 3.38. The van der Waals surface area contributed by atoms with Gasteiger partial charge in [0.25, 0.3) is 0 Å². The molecule has 0 aliphatic heterocycles. The monoisotopic (exact) mass is 358 g/mol. The Balaban J connectivity index is 1.80. The number of carbonyl (C=O) groups excluding carboxylic acids is 1. The molecule has 1 saturated carbocycles. The molecule has 0 bridgehead atoms. The predicted octanol–water partition coefficient (Wildman–Crippen LogP) is 1.64. The molecule has 0 saturated heterocycles. The predicted molar refractivity (Wildman–Crippen MR) is 96.9 cm³/mol. The van der Waals surface area contributed by atoms with Crippen LogP contribution in [0.5, 0.6) is 0 Å². The maximum absolute atomic E-state index is 13.3. The number of carbonyl (C=O) groups is 1. The van der Waals surface area contributed by atoms with Gasteiger partial charge in [0, 0.05) is 14.1 Å². The third-order valence-corrected chi connectivity index (χ3v) is 4.96. The van der Waals surface area contributed by atoms with E-state index in [1.165, 1.54) is 12.1 Å². The van der Waals surface area contributed by atoms with Crippen molar-refractivity contribution in [2.24, 2.45) is 5.41 Å². The van der Waals surface area contributed by atoms with Gasteiger partial charge in [-0.15, -0.1) is 0 Å². The Bertz CT molecular complexity index is 836. The van der Waals surface area contributed by atoms with Crippen LogP contribution in [0, 0.1) is 11.2 Å². The van der Waals surface area contributed by atoms with Gasteiger partial charge in [0.15, 0.2) is 5.82 Å². The molecular formula is C18H23FN6O. The highest BCUT2D eigenvalue weighted by Gasteiger charge is 2.66. The summed E-state index contributed by atoms with van der Waals surface area (Å²) in [5.74, 6) is 0.482. The fraction of sp³-hybridized carbons (Fsp3) is 0.444. The first kappa shape index (κ1) is 18.0. The van der Waals surface area contributed by atoms with Crippen LogP contribution in [-0.4, -0.2) is 35.0 Å². The van der Waals surface area contributed by atoms with Gasteiger partial charge in [-0.25, -0.2) is 4.39 Å². The van der Waals surface area contributed by atoms with E-state index in [1.807, 2.05) is 13.8 Å². The fourth-order valence-corrected chi connectivity index (χ4v) is 3.38. The first-order chi connectivity index (χ1) is 12.2. The van der Waals surface area contributed by atoms with E-state index in [9.17, 15) is 9.18 Å². The van der Waals surface area contributed by atoms with Crippen molar-refractivity contribution in [3.8, 4) is 0 Å². The van der Waals surface area contributed by atoms with Crippen molar-refractivity contribution >= 4 is 17.8 Å². The van der Waals surface area contributed by atoms with Gasteiger partial charge in [0.05, 0.1) is 12.0 Å². The molecule has 1 aliphatic rings. The summed E-state index contributed by atoms with van der Waals surface area (Å²) in [6.45, 7) is 4.20. The Hall–Kier alpha value is -2.77. The third kappa shape index (κ3) is 3.07. The number of hydrogen-bond donors (Lipinski definition) is 2. The van der Waals surface area contributed by atoms with E-state index in [-0.39, 0.29) is 29.6 Å². The maximum atomic E-state index is 13.3. The lowest BCUT2D eigenvalue weighted by atomic mass is 9.87. The molecule has 138 valence electrons. The van der Waals surface area contributed by atoms with E-state index in [2.05, 4.69) is 20.3 Å². The van der Waals surface area contributed by atoms with Crippen molar-refractivity contribution in [2.75, 3.05) is 24.7 Å². The Morgan fingerprint density at radius 1 is 1.23 bits per heavy atom. The average molecular weight is 358 g/mol. The van der Waals surface area contributed by atoms with Gasteiger partial charge in [-0.05, 0) is 29.5 Å². The van der Waals surface area contributed by atoms with Crippen molar-refractivity contribution in [1.82, 2.24) is 20.3 Å². The van der Waals surface area contributed by atoms with Crippen LogP contribution < -0.4 is 16.0 Å². The quantitative estimate of drug-likeness (QED) is 0.843. The van der Waals surface area contributed by atoms with Crippen LogP contribution in [0.15, 0.2) is 24.3 Å². The number of benzene rings is 1. The first-order valence-electron chi connectivity index (χ1n) is 8.38. The Morgan fingerprint density at radius 3 is 2.38 bits per heavy atom. The van der Waals surface area contributed by atoms with Crippen molar-refractivity contribution in [3.63, 3.8) is 0 Å². The van der Waals surface area contributed by atoms with Gasteiger partial charge in [-0.3, -0.25) is 4.79 Å². The summed E-state index contributed by atoms with van der Waals surface area (Å²) in [4.78, 5) is 27.1. The van der Waals surface area contributed by atoms with Crippen LogP contribution >= 0.6 is 0 Å². The molecule has 3 N–H and O–H groups in total. The van der Waals surface area contributed by atoms with Gasteiger partial charge >= 0.3 is 0 Å². The first-order valence-corrected chi connectivity index (χ1v) is 8.38. The van der Waals surface area contributed by atoms with E-state index in [1.54, 1.807) is 31.1 Å². The maximum Gasteiger partial charge on any atom is 0.231 e. The second-order valence-electron chi connectivity index (χ2n) is 7.46. The largest absolute Gasteiger partial charge is 0.368 e. The molecule has 3 rings (SSSR count). The van der Waals surface area contributed by atoms with Gasteiger partial charge in [-0.1, -0.05) is 26.0 Å². The average Bonchev–Trinajstić information content (AvgIpc) is 3.16. The Labute approximate surface area is 151 Å². The number of rotatable bonds is 5. The molecular weight excluding hydrogens is 335 g/mol. The zero-order valence-electron chi connectivity index (χ0n) is 15.4. The van der Waals surface area contributed by atoms with E-state index in [4.69, 9.17) is 5.73 Å². The number of nitrogens with one attached hydrogen (secondary N) is 1. The summed E-state index contributed by atoms with van der Waals surface area (Å²) in [5.41, 5.74) is 5.64. The van der Waals surface area contributed by atoms with Gasteiger partial charge in [0.1, 0.15) is 5.82 Å². The minimum absolute atomic E-state index is 0.105. The van der Waals surface area contributed by atoms with Crippen LogP contribution in [0.3, 0.4) is 0 Å².